The van der Waals surface area contributed by atoms with E-state index in [9.17, 15) is 4.79 Å². The molecule has 2 aliphatic rings. The number of para-hydroxylation sites is 2. The SMILES string of the molecule is COc1ccccc1NC(=O)CSc1nnc(N2CCOCC2)n1C1CC1. The number of hydrogen-bond acceptors (Lipinski definition) is 7. The minimum Gasteiger partial charge on any atom is -0.495 e. The first-order chi connectivity index (χ1) is 13.3. The molecule has 1 aromatic carbocycles. The molecular weight excluding hydrogens is 366 g/mol. The van der Waals surface area contributed by atoms with Gasteiger partial charge in [-0.3, -0.25) is 9.36 Å². The van der Waals surface area contributed by atoms with Gasteiger partial charge in [-0.25, -0.2) is 0 Å². The van der Waals surface area contributed by atoms with Gasteiger partial charge in [0.15, 0.2) is 5.16 Å². The number of aromatic nitrogens is 3. The van der Waals surface area contributed by atoms with Crippen LogP contribution >= 0.6 is 11.8 Å². The van der Waals surface area contributed by atoms with Crippen molar-refractivity contribution in [3.63, 3.8) is 0 Å². The van der Waals surface area contributed by atoms with Gasteiger partial charge in [0.25, 0.3) is 0 Å². The maximum Gasteiger partial charge on any atom is 0.234 e. The molecule has 1 aliphatic heterocycles. The number of carbonyl (C=O) groups excluding carboxylic acids is 1. The monoisotopic (exact) mass is 389 g/mol. The lowest BCUT2D eigenvalue weighted by atomic mass is 10.3. The maximum absolute atomic E-state index is 12.4. The third-order valence-electron chi connectivity index (χ3n) is 4.57. The van der Waals surface area contributed by atoms with Crippen LogP contribution in [-0.4, -0.2) is 59.8 Å². The van der Waals surface area contributed by atoms with Crippen LogP contribution in [0.3, 0.4) is 0 Å². The minimum absolute atomic E-state index is 0.0947. The topological polar surface area (TPSA) is 81.5 Å². The molecule has 9 heteroatoms. The predicted octanol–water partition coefficient (Wildman–Crippen LogP) is 2.19. The summed E-state index contributed by atoms with van der Waals surface area (Å²) in [6, 6.07) is 7.82. The summed E-state index contributed by atoms with van der Waals surface area (Å²) in [5, 5.41) is 12.5. The van der Waals surface area contributed by atoms with Crippen molar-refractivity contribution >= 4 is 29.3 Å². The second-order valence-corrected chi connectivity index (χ2v) is 7.46. The molecule has 1 aliphatic carbocycles. The average molecular weight is 389 g/mol. The van der Waals surface area contributed by atoms with Crippen molar-refractivity contribution in [3.05, 3.63) is 24.3 Å². The van der Waals surface area contributed by atoms with E-state index in [1.165, 1.54) is 11.8 Å². The number of benzene rings is 1. The van der Waals surface area contributed by atoms with Crippen molar-refractivity contribution in [2.45, 2.75) is 24.0 Å². The van der Waals surface area contributed by atoms with Crippen molar-refractivity contribution in [1.82, 2.24) is 14.8 Å². The highest BCUT2D eigenvalue weighted by Crippen LogP contribution is 2.41. The molecule has 144 valence electrons. The highest BCUT2D eigenvalue weighted by molar-refractivity contribution is 7.99. The van der Waals surface area contributed by atoms with Gasteiger partial charge in [0.1, 0.15) is 5.75 Å². The quantitative estimate of drug-likeness (QED) is 0.727. The Morgan fingerprint density at radius 1 is 1.30 bits per heavy atom. The Morgan fingerprint density at radius 3 is 2.81 bits per heavy atom. The predicted molar refractivity (Wildman–Crippen MR) is 104 cm³/mol. The number of amides is 1. The highest BCUT2D eigenvalue weighted by atomic mass is 32.2. The summed E-state index contributed by atoms with van der Waals surface area (Å²) in [4.78, 5) is 14.6. The Balaban J connectivity index is 1.42. The zero-order chi connectivity index (χ0) is 18.6. The molecule has 2 heterocycles. The number of morpholine rings is 1. The first kappa shape index (κ1) is 18.1. The zero-order valence-electron chi connectivity index (χ0n) is 15.3. The van der Waals surface area contributed by atoms with Crippen LogP contribution in [0.2, 0.25) is 0 Å². The van der Waals surface area contributed by atoms with E-state index in [-0.39, 0.29) is 11.7 Å². The van der Waals surface area contributed by atoms with Crippen LogP contribution in [-0.2, 0) is 9.53 Å². The third-order valence-corrected chi connectivity index (χ3v) is 5.51. The number of nitrogens with one attached hydrogen (secondary N) is 1. The molecule has 0 spiro atoms. The van der Waals surface area contributed by atoms with Crippen molar-refractivity contribution < 1.29 is 14.3 Å². The van der Waals surface area contributed by atoms with Gasteiger partial charge in [0, 0.05) is 19.1 Å². The van der Waals surface area contributed by atoms with Crippen LogP contribution in [0.25, 0.3) is 0 Å². The van der Waals surface area contributed by atoms with Crippen LogP contribution < -0.4 is 15.0 Å². The molecule has 27 heavy (non-hydrogen) atoms. The van der Waals surface area contributed by atoms with E-state index in [0.29, 0.717) is 30.7 Å². The number of hydrogen-bond donors (Lipinski definition) is 1. The van der Waals surface area contributed by atoms with Gasteiger partial charge >= 0.3 is 0 Å². The summed E-state index contributed by atoms with van der Waals surface area (Å²) in [5.74, 6) is 1.72. The smallest absolute Gasteiger partial charge is 0.234 e. The van der Waals surface area contributed by atoms with Crippen molar-refractivity contribution in [2.24, 2.45) is 0 Å². The summed E-state index contributed by atoms with van der Waals surface area (Å²) in [6.45, 7) is 3.07. The summed E-state index contributed by atoms with van der Waals surface area (Å²) in [5.41, 5.74) is 0.670. The lowest BCUT2D eigenvalue weighted by molar-refractivity contribution is -0.113. The van der Waals surface area contributed by atoms with Crippen LogP contribution in [0.15, 0.2) is 29.4 Å². The van der Waals surface area contributed by atoms with Crippen molar-refractivity contribution in [3.8, 4) is 5.75 Å². The molecule has 0 radical (unpaired) electrons. The molecule has 2 fully saturated rings. The minimum atomic E-state index is -0.0947. The average Bonchev–Trinajstić information content (AvgIpc) is 3.46. The molecule has 0 atom stereocenters. The van der Waals surface area contributed by atoms with Crippen molar-refractivity contribution in [2.75, 3.05) is 49.4 Å². The van der Waals surface area contributed by atoms with E-state index >= 15 is 0 Å². The van der Waals surface area contributed by atoms with Gasteiger partial charge in [-0.05, 0) is 25.0 Å². The number of ether oxygens (including phenoxy) is 2. The lowest BCUT2D eigenvalue weighted by Gasteiger charge is -2.27. The molecule has 1 N–H and O–H groups in total. The molecule has 1 saturated heterocycles. The molecule has 1 saturated carbocycles. The summed E-state index contributed by atoms with van der Waals surface area (Å²) in [7, 11) is 1.59. The van der Waals surface area contributed by atoms with Crippen LogP contribution in [0.1, 0.15) is 18.9 Å². The van der Waals surface area contributed by atoms with Crippen molar-refractivity contribution in [1.29, 1.82) is 0 Å². The Bertz CT molecular complexity index is 802. The molecule has 8 nitrogen and oxygen atoms in total. The summed E-state index contributed by atoms with van der Waals surface area (Å²) >= 11 is 1.42. The molecule has 0 unspecified atom stereocenters. The van der Waals surface area contributed by atoms with Gasteiger partial charge < -0.3 is 19.7 Å². The number of carbonyl (C=O) groups is 1. The maximum atomic E-state index is 12.4. The second-order valence-electron chi connectivity index (χ2n) is 6.52. The van der Waals surface area contributed by atoms with E-state index in [1.807, 2.05) is 24.3 Å². The van der Waals surface area contributed by atoms with Gasteiger partial charge in [-0.15, -0.1) is 10.2 Å². The van der Waals surface area contributed by atoms with Gasteiger partial charge in [0.05, 0.1) is 31.8 Å². The molecular formula is C18H23N5O3S. The molecule has 2 aromatic rings. The molecule has 1 amide bonds. The van der Waals surface area contributed by atoms with E-state index in [1.54, 1.807) is 7.11 Å². The van der Waals surface area contributed by atoms with Crippen LogP contribution in [0, 0.1) is 0 Å². The third kappa shape index (κ3) is 4.19. The fourth-order valence-electron chi connectivity index (χ4n) is 3.06. The number of nitrogens with zero attached hydrogens (tertiary/aromatic N) is 4. The van der Waals surface area contributed by atoms with Gasteiger partial charge in [0.2, 0.25) is 11.9 Å². The molecule has 1 aromatic heterocycles. The summed E-state index contributed by atoms with van der Waals surface area (Å²) < 4.78 is 12.9. The number of rotatable bonds is 7. The Morgan fingerprint density at radius 2 is 2.07 bits per heavy atom. The molecule has 4 rings (SSSR count). The first-order valence-corrected chi connectivity index (χ1v) is 10.1. The first-order valence-electron chi connectivity index (χ1n) is 9.09. The number of anilines is 2. The van der Waals surface area contributed by atoms with E-state index in [4.69, 9.17) is 9.47 Å². The highest BCUT2D eigenvalue weighted by Gasteiger charge is 2.32. The van der Waals surface area contributed by atoms with Crippen LogP contribution in [0.5, 0.6) is 5.75 Å². The van der Waals surface area contributed by atoms with Gasteiger partial charge in [-0.1, -0.05) is 23.9 Å². The largest absolute Gasteiger partial charge is 0.495 e. The zero-order valence-corrected chi connectivity index (χ0v) is 16.1. The normalized spacial score (nSPS) is 17.0. The Labute approximate surface area is 162 Å². The Kier molecular flexibility index (Phi) is 5.49. The second kappa shape index (κ2) is 8.18. The standard InChI is InChI=1S/C18H23N5O3S/c1-25-15-5-3-2-4-14(15)19-16(24)12-27-18-21-20-17(23(18)13-6-7-13)22-8-10-26-11-9-22/h2-5,13H,6-12H2,1H3,(H,19,24). The fourth-order valence-corrected chi connectivity index (χ4v) is 3.86. The summed E-state index contributed by atoms with van der Waals surface area (Å²) in [6.07, 6.45) is 2.27. The van der Waals surface area contributed by atoms with E-state index < -0.39 is 0 Å². The number of methoxy groups -OCH3 is 1. The van der Waals surface area contributed by atoms with E-state index in [0.717, 1.165) is 37.0 Å². The Hall–Kier alpha value is -2.26. The number of thioether (sulfide) groups is 1. The molecule has 0 bridgehead atoms. The van der Waals surface area contributed by atoms with Crippen LogP contribution in [0.4, 0.5) is 11.6 Å². The lowest BCUT2D eigenvalue weighted by Crippen LogP contribution is -2.38. The van der Waals surface area contributed by atoms with Gasteiger partial charge in [-0.2, -0.15) is 0 Å². The van der Waals surface area contributed by atoms with E-state index in [2.05, 4.69) is 25.0 Å². The fraction of sp³-hybridized carbons (Fsp3) is 0.500.